The number of carbonyl (C=O) groups is 2. The summed E-state index contributed by atoms with van der Waals surface area (Å²) in [6.45, 7) is 5.60. The third-order valence-electron chi connectivity index (χ3n) is 2.86. The Balaban J connectivity index is 2.74. The highest BCUT2D eigenvalue weighted by molar-refractivity contribution is 5.95. The fourth-order valence-corrected chi connectivity index (χ4v) is 1.83. The van der Waals surface area contributed by atoms with E-state index in [4.69, 9.17) is 10.5 Å². The predicted molar refractivity (Wildman–Crippen MR) is 82.6 cm³/mol. The summed E-state index contributed by atoms with van der Waals surface area (Å²) in [4.78, 5) is 24.0. The number of esters is 2. The molecule has 0 heterocycles. The lowest BCUT2D eigenvalue weighted by atomic mass is 10.1. The monoisotopic (exact) mass is 308 g/mol. The Bertz CT molecular complexity index is 497. The van der Waals surface area contributed by atoms with Crippen molar-refractivity contribution in [3.63, 3.8) is 0 Å². The maximum absolute atomic E-state index is 12.2. The van der Waals surface area contributed by atoms with Crippen molar-refractivity contribution in [2.24, 2.45) is 11.7 Å². The molecule has 0 aliphatic heterocycles. The SMILES string of the molecule is COC(=O)C(C(=O)OC(C)(C)C)C(N)NCc1ccccc1. The lowest BCUT2D eigenvalue weighted by molar-refractivity contribution is -0.169. The normalized spacial score (nSPS) is 14.0. The Morgan fingerprint density at radius 1 is 1.18 bits per heavy atom. The fraction of sp³-hybridized carbons (Fsp3) is 0.500. The van der Waals surface area contributed by atoms with Gasteiger partial charge in [-0.05, 0) is 26.3 Å². The molecule has 6 heteroatoms. The third kappa shape index (κ3) is 5.83. The fourth-order valence-electron chi connectivity index (χ4n) is 1.83. The summed E-state index contributed by atoms with van der Waals surface area (Å²) in [6, 6.07) is 9.53. The van der Waals surface area contributed by atoms with Crippen LogP contribution in [0.4, 0.5) is 0 Å². The van der Waals surface area contributed by atoms with E-state index < -0.39 is 29.6 Å². The molecule has 0 radical (unpaired) electrons. The molecule has 0 saturated heterocycles. The molecule has 122 valence electrons. The van der Waals surface area contributed by atoms with Crippen molar-refractivity contribution in [3.05, 3.63) is 35.9 Å². The summed E-state index contributed by atoms with van der Waals surface area (Å²) < 4.78 is 9.90. The Kier molecular flexibility index (Phi) is 6.52. The molecule has 0 aliphatic carbocycles. The second kappa shape index (κ2) is 7.91. The van der Waals surface area contributed by atoms with Crippen molar-refractivity contribution in [2.45, 2.75) is 39.1 Å². The quantitative estimate of drug-likeness (QED) is 0.466. The number of hydrogen-bond donors (Lipinski definition) is 2. The molecule has 0 fully saturated rings. The molecule has 2 atom stereocenters. The first kappa shape index (κ1) is 18.1. The number of nitrogens with one attached hydrogen (secondary N) is 1. The van der Waals surface area contributed by atoms with E-state index in [0.29, 0.717) is 6.54 Å². The summed E-state index contributed by atoms with van der Waals surface area (Å²) in [7, 11) is 1.21. The molecule has 0 saturated carbocycles. The third-order valence-corrected chi connectivity index (χ3v) is 2.86. The van der Waals surface area contributed by atoms with Crippen LogP contribution in [-0.4, -0.2) is 30.8 Å². The highest BCUT2D eigenvalue weighted by Gasteiger charge is 2.37. The van der Waals surface area contributed by atoms with Crippen molar-refractivity contribution in [1.82, 2.24) is 5.32 Å². The van der Waals surface area contributed by atoms with Crippen LogP contribution in [0.1, 0.15) is 26.3 Å². The van der Waals surface area contributed by atoms with Gasteiger partial charge in [0.15, 0.2) is 5.92 Å². The minimum atomic E-state index is -1.21. The molecule has 0 aliphatic rings. The number of hydrogen-bond acceptors (Lipinski definition) is 6. The predicted octanol–water partition coefficient (Wildman–Crippen LogP) is 1.19. The molecule has 1 aromatic carbocycles. The number of methoxy groups -OCH3 is 1. The summed E-state index contributed by atoms with van der Waals surface area (Å²) in [5, 5.41) is 2.96. The van der Waals surface area contributed by atoms with Crippen molar-refractivity contribution < 1.29 is 19.1 Å². The van der Waals surface area contributed by atoms with Crippen LogP contribution in [0.5, 0.6) is 0 Å². The molecule has 0 amide bonds. The van der Waals surface area contributed by atoms with E-state index in [1.165, 1.54) is 7.11 Å². The standard InChI is InChI=1S/C16H24N2O4/c1-16(2,3)22-15(20)12(14(19)21-4)13(17)18-10-11-8-6-5-7-9-11/h5-9,12-13,18H,10,17H2,1-4H3. The molecule has 22 heavy (non-hydrogen) atoms. The van der Waals surface area contributed by atoms with Gasteiger partial charge >= 0.3 is 11.9 Å². The number of ether oxygens (including phenoxy) is 2. The molecule has 1 rings (SSSR count). The van der Waals surface area contributed by atoms with Crippen LogP contribution in [0.15, 0.2) is 30.3 Å². The summed E-state index contributed by atoms with van der Waals surface area (Å²) >= 11 is 0. The van der Waals surface area contributed by atoms with Gasteiger partial charge in [0.2, 0.25) is 0 Å². The highest BCUT2D eigenvalue weighted by atomic mass is 16.6. The van der Waals surface area contributed by atoms with Crippen molar-refractivity contribution in [2.75, 3.05) is 7.11 Å². The minimum Gasteiger partial charge on any atom is -0.468 e. The largest absolute Gasteiger partial charge is 0.468 e. The average molecular weight is 308 g/mol. The van der Waals surface area contributed by atoms with Crippen LogP contribution in [0, 0.1) is 5.92 Å². The van der Waals surface area contributed by atoms with Gasteiger partial charge in [-0.15, -0.1) is 0 Å². The molecule has 0 aromatic heterocycles. The second-order valence-corrected chi connectivity index (χ2v) is 5.93. The first-order chi connectivity index (χ1) is 10.2. The smallest absolute Gasteiger partial charge is 0.323 e. The van der Waals surface area contributed by atoms with E-state index in [-0.39, 0.29) is 0 Å². The number of carbonyl (C=O) groups excluding carboxylic acids is 2. The van der Waals surface area contributed by atoms with Gasteiger partial charge in [0.1, 0.15) is 5.60 Å². The second-order valence-electron chi connectivity index (χ2n) is 5.93. The Morgan fingerprint density at radius 2 is 1.77 bits per heavy atom. The van der Waals surface area contributed by atoms with Crippen LogP contribution in [0.25, 0.3) is 0 Å². The van der Waals surface area contributed by atoms with Gasteiger partial charge in [-0.2, -0.15) is 0 Å². The summed E-state index contributed by atoms with van der Waals surface area (Å²) in [5.74, 6) is -2.64. The van der Waals surface area contributed by atoms with Crippen LogP contribution < -0.4 is 11.1 Å². The number of benzene rings is 1. The van der Waals surface area contributed by atoms with Crippen LogP contribution in [-0.2, 0) is 25.6 Å². The van der Waals surface area contributed by atoms with E-state index in [0.717, 1.165) is 5.56 Å². The van der Waals surface area contributed by atoms with Crippen LogP contribution in [0.3, 0.4) is 0 Å². The Hall–Kier alpha value is -1.92. The number of nitrogens with two attached hydrogens (primary N) is 1. The van der Waals surface area contributed by atoms with E-state index in [1.807, 2.05) is 30.3 Å². The Morgan fingerprint density at radius 3 is 2.27 bits per heavy atom. The summed E-state index contributed by atoms with van der Waals surface area (Å²) in [5.41, 5.74) is 6.23. The zero-order chi connectivity index (χ0) is 16.8. The van der Waals surface area contributed by atoms with Crippen molar-refractivity contribution in [1.29, 1.82) is 0 Å². The molecular weight excluding hydrogens is 284 g/mol. The number of rotatable bonds is 6. The topological polar surface area (TPSA) is 90.7 Å². The maximum Gasteiger partial charge on any atom is 0.323 e. The van der Waals surface area contributed by atoms with E-state index in [2.05, 4.69) is 10.1 Å². The van der Waals surface area contributed by atoms with E-state index in [9.17, 15) is 9.59 Å². The van der Waals surface area contributed by atoms with Gasteiger partial charge in [0, 0.05) is 6.54 Å². The molecule has 2 unspecified atom stereocenters. The molecule has 0 bridgehead atoms. The molecular formula is C16H24N2O4. The van der Waals surface area contributed by atoms with Crippen LogP contribution in [0.2, 0.25) is 0 Å². The van der Waals surface area contributed by atoms with Gasteiger partial charge in [0.25, 0.3) is 0 Å². The lowest BCUT2D eigenvalue weighted by Crippen LogP contribution is -2.51. The molecule has 1 aromatic rings. The average Bonchev–Trinajstić information content (AvgIpc) is 2.44. The zero-order valence-corrected chi connectivity index (χ0v) is 13.5. The van der Waals surface area contributed by atoms with E-state index in [1.54, 1.807) is 20.8 Å². The lowest BCUT2D eigenvalue weighted by Gasteiger charge is -2.26. The first-order valence-electron chi connectivity index (χ1n) is 7.08. The van der Waals surface area contributed by atoms with Gasteiger partial charge in [-0.3, -0.25) is 14.9 Å². The van der Waals surface area contributed by atoms with Gasteiger partial charge < -0.3 is 15.2 Å². The van der Waals surface area contributed by atoms with Crippen LogP contribution >= 0.6 is 0 Å². The Labute approximate surface area is 131 Å². The van der Waals surface area contributed by atoms with Crippen molar-refractivity contribution >= 4 is 11.9 Å². The molecule has 6 nitrogen and oxygen atoms in total. The minimum absolute atomic E-state index is 0.429. The maximum atomic E-state index is 12.2. The molecule has 3 N–H and O–H groups in total. The molecule has 0 spiro atoms. The first-order valence-corrected chi connectivity index (χ1v) is 7.08. The highest BCUT2D eigenvalue weighted by Crippen LogP contribution is 2.14. The zero-order valence-electron chi connectivity index (χ0n) is 13.5. The van der Waals surface area contributed by atoms with Crippen molar-refractivity contribution in [3.8, 4) is 0 Å². The van der Waals surface area contributed by atoms with Gasteiger partial charge in [-0.1, -0.05) is 30.3 Å². The van der Waals surface area contributed by atoms with Gasteiger partial charge in [0.05, 0.1) is 13.3 Å². The van der Waals surface area contributed by atoms with E-state index >= 15 is 0 Å². The summed E-state index contributed by atoms with van der Waals surface area (Å²) in [6.07, 6.45) is -0.900. The van der Waals surface area contributed by atoms with Gasteiger partial charge in [-0.25, -0.2) is 0 Å².